The first-order valence-electron chi connectivity index (χ1n) is 9.58. The Morgan fingerprint density at radius 1 is 1.23 bits per heavy atom. The van der Waals surface area contributed by atoms with E-state index in [9.17, 15) is 9.90 Å². The van der Waals surface area contributed by atoms with E-state index in [2.05, 4.69) is 11.4 Å². The van der Waals surface area contributed by atoms with Crippen molar-refractivity contribution in [3.63, 3.8) is 0 Å². The van der Waals surface area contributed by atoms with Crippen LogP contribution in [0.1, 0.15) is 34.7 Å². The molecule has 0 unspecified atom stereocenters. The summed E-state index contributed by atoms with van der Waals surface area (Å²) in [6.07, 6.45) is 0.282. The van der Waals surface area contributed by atoms with Gasteiger partial charge in [-0.2, -0.15) is 9.78 Å². The number of nitrogens with zero attached hydrogens (tertiary/aromatic N) is 3. The number of thiazole rings is 1. The largest absolute Gasteiger partial charge is 0.504 e. The number of benzene rings is 2. The molecule has 30 heavy (non-hydrogen) atoms. The minimum Gasteiger partial charge on any atom is -0.504 e. The summed E-state index contributed by atoms with van der Waals surface area (Å²) in [6.45, 7) is 3.98. The van der Waals surface area contributed by atoms with Crippen LogP contribution in [-0.2, 0) is 4.79 Å². The van der Waals surface area contributed by atoms with Gasteiger partial charge in [0.1, 0.15) is 5.82 Å². The summed E-state index contributed by atoms with van der Waals surface area (Å²) >= 11 is 1.54. The van der Waals surface area contributed by atoms with E-state index in [4.69, 9.17) is 14.8 Å². The SMILES string of the molecule is COc1ccc([C@H]2CC(=O)Nc3c2c(C)nn3-c2nc3ccc(C)cc3s2)cc1O. The van der Waals surface area contributed by atoms with Gasteiger partial charge in [0.15, 0.2) is 11.5 Å². The molecule has 4 aromatic rings. The molecule has 0 fully saturated rings. The number of fused-ring (bicyclic) bond motifs is 2. The van der Waals surface area contributed by atoms with Crippen LogP contribution in [0.15, 0.2) is 36.4 Å². The van der Waals surface area contributed by atoms with Gasteiger partial charge in [0.2, 0.25) is 11.0 Å². The zero-order chi connectivity index (χ0) is 21.0. The van der Waals surface area contributed by atoms with Crippen LogP contribution in [-0.4, -0.2) is 32.9 Å². The van der Waals surface area contributed by atoms with Gasteiger partial charge in [-0.25, -0.2) is 4.98 Å². The van der Waals surface area contributed by atoms with Gasteiger partial charge >= 0.3 is 0 Å². The van der Waals surface area contributed by atoms with Crippen LogP contribution in [0.4, 0.5) is 5.82 Å². The first-order valence-corrected chi connectivity index (χ1v) is 10.4. The molecule has 2 aromatic carbocycles. The van der Waals surface area contributed by atoms with Crippen molar-refractivity contribution in [3.05, 3.63) is 58.8 Å². The molecule has 0 saturated carbocycles. The van der Waals surface area contributed by atoms with E-state index in [1.54, 1.807) is 16.8 Å². The van der Waals surface area contributed by atoms with Gasteiger partial charge < -0.3 is 15.2 Å². The smallest absolute Gasteiger partial charge is 0.226 e. The number of carbonyl (C=O) groups is 1. The summed E-state index contributed by atoms with van der Waals surface area (Å²) in [6, 6.07) is 11.4. The van der Waals surface area contributed by atoms with Crippen molar-refractivity contribution in [1.82, 2.24) is 14.8 Å². The molecule has 0 spiro atoms. The lowest BCUT2D eigenvalue weighted by Crippen LogP contribution is -2.24. The van der Waals surface area contributed by atoms with Crippen LogP contribution < -0.4 is 10.1 Å². The molecule has 2 aromatic heterocycles. The fourth-order valence-corrected chi connectivity index (χ4v) is 5.03. The predicted octanol–water partition coefficient (Wildman–Crippen LogP) is 4.29. The van der Waals surface area contributed by atoms with E-state index >= 15 is 0 Å². The molecule has 0 aliphatic carbocycles. The zero-order valence-electron chi connectivity index (χ0n) is 16.8. The number of methoxy groups -OCH3 is 1. The van der Waals surface area contributed by atoms with Crippen LogP contribution in [0.2, 0.25) is 0 Å². The molecular formula is C22H20N4O3S. The highest BCUT2D eigenvalue weighted by Gasteiger charge is 2.33. The van der Waals surface area contributed by atoms with Crippen LogP contribution in [0, 0.1) is 13.8 Å². The van der Waals surface area contributed by atoms with Crippen molar-refractivity contribution in [3.8, 4) is 16.6 Å². The normalized spacial score (nSPS) is 15.8. The molecule has 5 rings (SSSR count). The number of anilines is 1. The first-order chi connectivity index (χ1) is 14.4. The van der Waals surface area contributed by atoms with Crippen molar-refractivity contribution >= 4 is 33.3 Å². The van der Waals surface area contributed by atoms with Crippen LogP contribution in [0.3, 0.4) is 0 Å². The lowest BCUT2D eigenvalue weighted by molar-refractivity contribution is -0.116. The zero-order valence-corrected chi connectivity index (χ0v) is 17.6. The second kappa shape index (κ2) is 6.84. The lowest BCUT2D eigenvalue weighted by atomic mass is 9.85. The third-order valence-electron chi connectivity index (χ3n) is 5.42. The fraction of sp³-hybridized carbons (Fsp3) is 0.227. The number of aryl methyl sites for hydroxylation is 2. The Labute approximate surface area is 176 Å². The Balaban J connectivity index is 1.65. The Hall–Kier alpha value is -3.39. The summed E-state index contributed by atoms with van der Waals surface area (Å²) in [7, 11) is 1.51. The van der Waals surface area contributed by atoms with Crippen molar-refractivity contribution in [2.75, 3.05) is 12.4 Å². The topological polar surface area (TPSA) is 89.3 Å². The number of nitrogens with one attached hydrogen (secondary N) is 1. The number of aromatic hydroxyl groups is 1. The minimum atomic E-state index is -0.212. The van der Waals surface area contributed by atoms with Gasteiger partial charge in [0.25, 0.3) is 0 Å². The number of phenolic OH excluding ortho intramolecular Hbond substituents is 1. The van der Waals surface area contributed by atoms with Gasteiger partial charge in [-0.05, 0) is 49.2 Å². The molecule has 0 saturated heterocycles. The fourth-order valence-electron chi connectivity index (χ4n) is 4.00. The molecule has 0 radical (unpaired) electrons. The molecule has 3 heterocycles. The quantitative estimate of drug-likeness (QED) is 0.516. The minimum absolute atomic E-state index is 0.0501. The monoisotopic (exact) mass is 420 g/mol. The first kappa shape index (κ1) is 18.6. The van der Waals surface area contributed by atoms with E-state index < -0.39 is 0 Å². The molecule has 1 aliphatic heterocycles. The van der Waals surface area contributed by atoms with Crippen molar-refractivity contribution in [1.29, 1.82) is 0 Å². The Kier molecular flexibility index (Phi) is 4.25. The Morgan fingerprint density at radius 3 is 2.83 bits per heavy atom. The number of aromatic nitrogens is 3. The third-order valence-corrected chi connectivity index (χ3v) is 6.42. The van der Waals surface area contributed by atoms with Crippen LogP contribution >= 0.6 is 11.3 Å². The van der Waals surface area contributed by atoms with Crippen LogP contribution in [0.5, 0.6) is 11.5 Å². The van der Waals surface area contributed by atoms with Gasteiger partial charge in [-0.15, -0.1) is 0 Å². The van der Waals surface area contributed by atoms with Gasteiger partial charge in [-0.3, -0.25) is 4.79 Å². The molecule has 1 amide bonds. The van der Waals surface area contributed by atoms with E-state index in [-0.39, 0.29) is 24.0 Å². The molecule has 8 heteroatoms. The maximum Gasteiger partial charge on any atom is 0.226 e. The molecule has 152 valence electrons. The highest BCUT2D eigenvalue weighted by Crippen LogP contribution is 2.42. The molecule has 7 nitrogen and oxygen atoms in total. The van der Waals surface area contributed by atoms with Gasteiger partial charge in [0.05, 0.1) is 23.0 Å². The van der Waals surface area contributed by atoms with E-state index in [1.807, 2.05) is 32.0 Å². The summed E-state index contributed by atoms with van der Waals surface area (Å²) in [4.78, 5) is 17.3. The Morgan fingerprint density at radius 2 is 2.07 bits per heavy atom. The number of amides is 1. The summed E-state index contributed by atoms with van der Waals surface area (Å²) in [5.74, 6) is 0.780. The molecule has 1 aliphatic rings. The number of rotatable bonds is 3. The summed E-state index contributed by atoms with van der Waals surface area (Å²) in [5, 5.41) is 18.6. The maximum atomic E-state index is 12.6. The summed E-state index contributed by atoms with van der Waals surface area (Å²) < 4.78 is 7.94. The van der Waals surface area contributed by atoms with Crippen LogP contribution in [0.25, 0.3) is 15.3 Å². The van der Waals surface area contributed by atoms with Gasteiger partial charge in [0, 0.05) is 17.9 Å². The Bertz CT molecular complexity index is 1310. The van der Waals surface area contributed by atoms with Crippen molar-refractivity contribution < 1.29 is 14.6 Å². The number of hydrogen-bond acceptors (Lipinski definition) is 6. The van der Waals surface area contributed by atoms with E-state index in [0.717, 1.165) is 27.0 Å². The number of ether oxygens (including phenoxy) is 1. The van der Waals surface area contributed by atoms with Crippen molar-refractivity contribution in [2.45, 2.75) is 26.2 Å². The third kappa shape index (κ3) is 2.91. The lowest BCUT2D eigenvalue weighted by Gasteiger charge is -2.24. The van der Waals surface area contributed by atoms with E-state index in [1.165, 1.54) is 24.0 Å². The predicted molar refractivity (Wildman–Crippen MR) is 116 cm³/mol. The second-order valence-corrected chi connectivity index (χ2v) is 8.47. The average molecular weight is 420 g/mol. The second-order valence-electron chi connectivity index (χ2n) is 7.46. The summed E-state index contributed by atoms with van der Waals surface area (Å²) in [5.41, 5.74) is 4.67. The molecule has 0 bridgehead atoms. The molecule has 1 atom stereocenters. The van der Waals surface area contributed by atoms with E-state index in [0.29, 0.717) is 16.7 Å². The highest BCUT2D eigenvalue weighted by atomic mass is 32.1. The number of hydrogen-bond donors (Lipinski definition) is 2. The van der Waals surface area contributed by atoms with Gasteiger partial charge in [-0.1, -0.05) is 23.5 Å². The number of carbonyl (C=O) groups excluding carboxylic acids is 1. The maximum absolute atomic E-state index is 12.6. The van der Waals surface area contributed by atoms with Crippen molar-refractivity contribution in [2.24, 2.45) is 0 Å². The molecule has 2 N–H and O–H groups in total. The molecular weight excluding hydrogens is 400 g/mol. The highest BCUT2D eigenvalue weighted by molar-refractivity contribution is 7.20. The average Bonchev–Trinajstić information content (AvgIpc) is 3.27. The number of phenols is 1. The standard InChI is InChI=1S/C22H20N4O3S/c1-11-4-6-15-18(8-11)30-22(23-15)26-21-20(12(2)25-26)14(10-19(28)24-21)13-5-7-17(29-3)16(27)9-13/h4-9,14,27H,10H2,1-3H3,(H,24,28)/t14-/m1/s1.